The number of hydrogen-bond acceptors (Lipinski definition) is 2. The zero-order chi connectivity index (χ0) is 17.5. The van der Waals surface area contributed by atoms with Crippen molar-refractivity contribution in [2.45, 2.75) is 32.4 Å². The SMILES string of the molecule is C1CC1.C=C(c1ccccc1CN)c1nccn1Cc1ccccc1. The molecule has 1 aliphatic rings. The number of hydrogen-bond donors (Lipinski definition) is 1. The van der Waals surface area contributed by atoms with E-state index in [2.05, 4.69) is 28.3 Å². The highest BCUT2D eigenvalue weighted by molar-refractivity contribution is 5.76. The molecule has 3 heteroatoms. The van der Waals surface area contributed by atoms with Crippen LogP contribution in [-0.2, 0) is 13.1 Å². The topological polar surface area (TPSA) is 43.8 Å². The van der Waals surface area contributed by atoms with Crippen LogP contribution in [0.3, 0.4) is 0 Å². The molecule has 25 heavy (non-hydrogen) atoms. The lowest BCUT2D eigenvalue weighted by molar-refractivity contribution is 0.783. The van der Waals surface area contributed by atoms with Crippen LogP contribution in [0.25, 0.3) is 5.57 Å². The summed E-state index contributed by atoms with van der Waals surface area (Å²) in [6.07, 6.45) is 8.30. The van der Waals surface area contributed by atoms with Gasteiger partial charge in [0.1, 0.15) is 5.82 Å². The lowest BCUT2D eigenvalue weighted by Gasteiger charge is -2.13. The van der Waals surface area contributed by atoms with Crippen molar-refractivity contribution in [1.82, 2.24) is 9.55 Å². The Kier molecular flexibility index (Phi) is 5.81. The van der Waals surface area contributed by atoms with E-state index in [4.69, 9.17) is 5.73 Å². The summed E-state index contributed by atoms with van der Waals surface area (Å²) in [7, 11) is 0. The zero-order valence-corrected chi connectivity index (χ0v) is 14.6. The molecular weight excluding hydrogens is 306 g/mol. The highest BCUT2D eigenvalue weighted by Gasteiger charge is 2.12. The molecule has 1 aromatic heterocycles. The summed E-state index contributed by atoms with van der Waals surface area (Å²) in [6, 6.07) is 18.4. The molecule has 3 nitrogen and oxygen atoms in total. The molecule has 1 saturated carbocycles. The summed E-state index contributed by atoms with van der Waals surface area (Å²) in [5, 5.41) is 0. The largest absolute Gasteiger partial charge is 0.327 e. The minimum atomic E-state index is 0.495. The summed E-state index contributed by atoms with van der Waals surface area (Å²) in [4.78, 5) is 4.49. The molecule has 0 radical (unpaired) electrons. The fourth-order valence-corrected chi connectivity index (χ4v) is 2.60. The second-order valence-corrected chi connectivity index (χ2v) is 6.26. The van der Waals surface area contributed by atoms with Gasteiger partial charge in [-0.25, -0.2) is 4.98 Å². The number of nitrogens with two attached hydrogens (primary N) is 1. The third-order valence-corrected chi connectivity index (χ3v) is 4.10. The Morgan fingerprint density at radius 3 is 2.36 bits per heavy atom. The van der Waals surface area contributed by atoms with Crippen LogP contribution in [0.15, 0.2) is 73.6 Å². The number of benzene rings is 2. The lowest BCUT2D eigenvalue weighted by atomic mass is 10.0. The fourth-order valence-electron chi connectivity index (χ4n) is 2.60. The molecule has 2 N–H and O–H groups in total. The van der Waals surface area contributed by atoms with Gasteiger partial charge in [-0.1, -0.05) is 80.4 Å². The van der Waals surface area contributed by atoms with Gasteiger partial charge in [-0.2, -0.15) is 0 Å². The Bertz CT molecular complexity index is 813. The maximum atomic E-state index is 5.84. The second-order valence-electron chi connectivity index (χ2n) is 6.26. The number of rotatable bonds is 5. The molecule has 3 aromatic rings. The summed E-state index contributed by atoms with van der Waals surface area (Å²) >= 11 is 0. The minimum absolute atomic E-state index is 0.495. The molecule has 0 saturated heterocycles. The van der Waals surface area contributed by atoms with Crippen LogP contribution in [-0.4, -0.2) is 9.55 Å². The zero-order valence-electron chi connectivity index (χ0n) is 14.6. The van der Waals surface area contributed by atoms with E-state index < -0.39 is 0 Å². The number of aromatic nitrogens is 2. The number of nitrogens with zero attached hydrogens (tertiary/aromatic N) is 2. The quantitative estimate of drug-likeness (QED) is 0.741. The summed E-state index contributed by atoms with van der Waals surface area (Å²) in [6.45, 7) is 5.51. The Morgan fingerprint density at radius 2 is 1.68 bits per heavy atom. The summed E-state index contributed by atoms with van der Waals surface area (Å²) in [5.74, 6) is 0.879. The molecule has 1 fully saturated rings. The first-order valence-electron chi connectivity index (χ1n) is 8.82. The van der Waals surface area contributed by atoms with E-state index in [1.807, 2.05) is 54.9 Å². The molecule has 2 aromatic carbocycles. The lowest BCUT2D eigenvalue weighted by Crippen LogP contribution is -2.07. The van der Waals surface area contributed by atoms with Gasteiger partial charge in [-0.15, -0.1) is 0 Å². The van der Waals surface area contributed by atoms with Crippen LogP contribution in [0.1, 0.15) is 41.8 Å². The van der Waals surface area contributed by atoms with Crippen molar-refractivity contribution in [3.05, 3.63) is 96.1 Å². The summed E-state index contributed by atoms with van der Waals surface area (Å²) in [5.41, 5.74) is 10.1. The Labute approximate surface area is 149 Å². The van der Waals surface area contributed by atoms with E-state index >= 15 is 0 Å². The third kappa shape index (κ3) is 4.68. The Balaban J connectivity index is 0.000000549. The van der Waals surface area contributed by atoms with Gasteiger partial charge in [0.05, 0.1) is 0 Å². The molecule has 1 heterocycles. The average molecular weight is 331 g/mol. The van der Waals surface area contributed by atoms with Gasteiger partial charge in [0.25, 0.3) is 0 Å². The fraction of sp³-hybridized carbons (Fsp3) is 0.227. The number of imidazole rings is 1. The molecule has 4 rings (SSSR count). The van der Waals surface area contributed by atoms with Gasteiger partial charge in [0.15, 0.2) is 0 Å². The predicted molar refractivity (Wildman–Crippen MR) is 104 cm³/mol. The van der Waals surface area contributed by atoms with Gasteiger partial charge >= 0.3 is 0 Å². The maximum Gasteiger partial charge on any atom is 0.140 e. The van der Waals surface area contributed by atoms with E-state index in [-0.39, 0.29) is 0 Å². The molecular formula is C22H25N3. The van der Waals surface area contributed by atoms with Gasteiger partial charge < -0.3 is 10.3 Å². The molecule has 0 spiro atoms. The first-order valence-corrected chi connectivity index (χ1v) is 8.82. The van der Waals surface area contributed by atoms with E-state index in [9.17, 15) is 0 Å². The Morgan fingerprint density at radius 1 is 1.00 bits per heavy atom. The molecule has 128 valence electrons. The standard InChI is InChI=1S/C19H19N3.C3H6/c1-15(18-10-6-5-9-17(18)13-20)19-21-11-12-22(19)14-16-7-3-2-4-8-16;1-2-3-1/h2-12H,1,13-14,20H2;1-3H2. The maximum absolute atomic E-state index is 5.84. The first-order chi connectivity index (χ1) is 12.3. The van der Waals surface area contributed by atoms with Crippen molar-refractivity contribution < 1.29 is 0 Å². The van der Waals surface area contributed by atoms with Gasteiger partial charge in [0.2, 0.25) is 0 Å². The molecule has 0 unspecified atom stereocenters. The Hall–Kier alpha value is -2.65. The van der Waals surface area contributed by atoms with Crippen LogP contribution in [0, 0.1) is 0 Å². The van der Waals surface area contributed by atoms with Crippen molar-refractivity contribution in [1.29, 1.82) is 0 Å². The highest BCUT2D eigenvalue weighted by Crippen LogP contribution is 2.24. The van der Waals surface area contributed by atoms with Crippen molar-refractivity contribution >= 4 is 5.57 Å². The van der Waals surface area contributed by atoms with Crippen molar-refractivity contribution in [2.24, 2.45) is 5.73 Å². The minimum Gasteiger partial charge on any atom is -0.327 e. The van der Waals surface area contributed by atoms with E-state index in [0.717, 1.165) is 29.1 Å². The molecule has 0 amide bonds. The van der Waals surface area contributed by atoms with Crippen LogP contribution < -0.4 is 5.73 Å². The van der Waals surface area contributed by atoms with Crippen LogP contribution in [0.2, 0.25) is 0 Å². The third-order valence-electron chi connectivity index (χ3n) is 4.10. The van der Waals surface area contributed by atoms with E-state index in [0.29, 0.717) is 6.54 Å². The second kappa shape index (κ2) is 8.45. The first kappa shape index (κ1) is 17.2. The predicted octanol–water partition coefficient (Wildman–Crippen LogP) is 4.62. The smallest absolute Gasteiger partial charge is 0.140 e. The van der Waals surface area contributed by atoms with Gasteiger partial charge in [0, 0.05) is 31.1 Å². The molecule has 1 aliphatic carbocycles. The molecule has 0 atom stereocenters. The van der Waals surface area contributed by atoms with Gasteiger partial charge in [-0.05, 0) is 16.7 Å². The summed E-state index contributed by atoms with van der Waals surface area (Å²) < 4.78 is 2.12. The van der Waals surface area contributed by atoms with E-state index in [1.54, 1.807) is 0 Å². The van der Waals surface area contributed by atoms with Gasteiger partial charge in [-0.3, -0.25) is 0 Å². The van der Waals surface area contributed by atoms with Crippen LogP contribution in [0.5, 0.6) is 0 Å². The monoisotopic (exact) mass is 331 g/mol. The average Bonchev–Trinajstić information content (AvgIpc) is 3.49. The highest BCUT2D eigenvalue weighted by atomic mass is 15.1. The van der Waals surface area contributed by atoms with Crippen LogP contribution in [0.4, 0.5) is 0 Å². The van der Waals surface area contributed by atoms with Crippen molar-refractivity contribution in [2.75, 3.05) is 0 Å². The van der Waals surface area contributed by atoms with Crippen LogP contribution >= 0.6 is 0 Å². The van der Waals surface area contributed by atoms with Crippen molar-refractivity contribution in [3.8, 4) is 0 Å². The van der Waals surface area contributed by atoms with Crippen molar-refractivity contribution in [3.63, 3.8) is 0 Å². The normalized spacial score (nSPS) is 12.2. The molecule has 0 bridgehead atoms. The van der Waals surface area contributed by atoms with E-state index in [1.165, 1.54) is 24.8 Å². The molecule has 0 aliphatic heterocycles.